The van der Waals surface area contributed by atoms with Crippen molar-refractivity contribution >= 4 is 16.6 Å². The highest BCUT2D eigenvalue weighted by atomic mass is 15.2. The maximum Gasteiger partial charge on any atom is 0.0703 e. The second-order valence-corrected chi connectivity index (χ2v) is 4.87. The minimum Gasteiger partial charge on any atom is -0.370 e. The van der Waals surface area contributed by atoms with Crippen LogP contribution in [0, 0.1) is 0 Å². The van der Waals surface area contributed by atoms with Crippen molar-refractivity contribution in [3.8, 4) is 0 Å². The molecule has 1 saturated heterocycles. The Labute approximate surface area is 108 Å². The van der Waals surface area contributed by atoms with E-state index in [9.17, 15) is 0 Å². The van der Waals surface area contributed by atoms with E-state index in [0.29, 0.717) is 6.04 Å². The molecule has 1 atom stereocenters. The third-order valence-corrected chi connectivity index (χ3v) is 3.63. The van der Waals surface area contributed by atoms with Gasteiger partial charge in [0, 0.05) is 36.4 Å². The minimum atomic E-state index is 0.639. The molecular formula is C15H19N3. The Kier molecular flexibility index (Phi) is 3.15. The molecule has 0 bridgehead atoms. The third-order valence-electron chi connectivity index (χ3n) is 3.63. The summed E-state index contributed by atoms with van der Waals surface area (Å²) in [4.78, 5) is 6.82. The van der Waals surface area contributed by atoms with E-state index >= 15 is 0 Å². The largest absolute Gasteiger partial charge is 0.370 e. The van der Waals surface area contributed by atoms with Gasteiger partial charge in [0.2, 0.25) is 0 Å². The molecule has 0 amide bonds. The Hall–Kier alpha value is -1.61. The molecule has 1 unspecified atom stereocenters. The van der Waals surface area contributed by atoms with Crippen molar-refractivity contribution in [3.63, 3.8) is 0 Å². The van der Waals surface area contributed by atoms with Crippen molar-refractivity contribution in [1.82, 2.24) is 10.3 Å². The van der Waals surface area contributed by atoms with E-state index in [1.165, 1.54) is 17.5 Å². The molecule has 18 heavy (non-hydrogen) atoms. The van der Waals surface area contributed by atoms with Crippen molar-refractivity contribution in [2.75, 3.05) is 24.5 Å². The highest BCUT2D eigenvalue weighted by Gasteiger charge is 2.21. The Morgan fingerprint density at radius 1 is 1.39 bits per heavy atom. The average Bonchev–Trinajstić information content (AvgIpc) is 2.87. The summed E-state index contributed by atoms with van der Waals surface area (Å²) in [6.45, 7) is 5.48. The van der Waals surface area contributed by atoms with Gasteiger partial charge in [-0.15, -0.1) is 0 Å². The van der Waals surface area contributed by atoms with Gasteiger partial charge in [0.25, 0.3) is 0 Å². The topological polar surface area (TPSA) is 28.2 Å². The van der Waals surface area contributed by atoms with Crippen LogP contribution in [0.1, 0.15) is 13.3 Å². The van der Waals surface area contributed by atoms with Crippen molar-refractivity contribution in [1.29, 1.82) is 0 Å². The van der Waals surface area contributed by atoms with Crippen LogP contribution in [0.4, 0.5) is 5.69 Å². The molecule has 1 fully saturated rings. The van der Waals surface area contributed by atoms with E-state index in [1.54, 1.807) is 0 Å². The summed E-state index contributed by atoms with van der Waals surface area (Å²) in [5.74, 6) is 0. The number of nitrogens with zero attached hydrogens (tertiary/aromatic N) is 2. The van der Waals surface area contributed by atoms with Crippen molar-refractivity contribution in [3.05, 3.63) is 36.5 Å². The first-order valence-electron chi connectivity index (χ1n) is 6.70. The molecule has 1 aromatic heterocycles. The van der Waals surface area contributed by atoms with Gasteiger partial charge in [0.05, 0.1) is 5.52 Å². The summed E-state index contributed by atoms with van der Waals surface area (Å²) in [7, 11) is 0. The summed E-state index contributed by atoms with van der Waals surface area (Å²) < 4.78 is 0. The van der Waals surface area contributed by atoms with Crippen molar-refractivity contribution in [2.45, 2.75) is 19.4 Å². The van der Waals surface area contributed by atoms with Crippen LogP contribution in [0.5, 0.6) is 0 Å². The molecule has 1 aliphatic rings. The summed E-state index contributed by atoms with van der Waals surface area (Å²) in [5, 5.41) is 4.75. The smallest absolute Gasteiger partial charge is 0.0703 e. The normalized spacial score (nSPS) is 19.6. The Bertz CT molecular complexity index is 538. The molecule has 1 N–H and O–H groups in total. The van der Waals surface area contributed by atoms with Gasteiger partial charge in [-0.3, -0.25) is 4.98 Å². The highest BCUT2D eigenvalue weighted by molar-refractivity contribution is 5.82. The Balaban J connectivity index is 1.82. The van der Waals surface area contributed by atoms with E-state index in [2.05, 4.69) is 46.4 Å². The van der Waals surface area contributed by atoms with Gasteiger partial charge < -0.3 is 10.2 Å². The zero-order valence-corrected chi connectivity index (χ0v) is 10.8. The van der Waals surface area contributed by atoms with Crippen LogP contribution in [0.2, 0.25) is 0 Å². The summed E-state index contributed by atoms with van der Waals surface area (Å²) in [5.41, 5.74) is 2.39. The lowest BCUT2D eigenvalue weighted by molar-refractivity contribution is 0.572. The van der Waals surface area contributed by atoms with Gasteiger partial charge in [0.1, 0.15) is 0 Å². The zero-order chi connectivity index (χ0) is 12.4. The molecule has 2 aromatic rings. The quantitative estimate of drug-likeness (QED) is 0.894. The molecule has 2 heterocycles. The number of rotatable bonds is 3. The molecule has 3 heteroatoms. The summed E-state index contributed by atoms with van der Waals surface area (Å²) in [6, 6.07) is 11.3. The second kappa shape index (κ2) is 4.94. The number of likely N-dealkylation sites (N-methyl/N-ethyl adjacent to an activating group) is 1. The van der Waals surface area contributed by atoms with Crippen LogP contribution in [0.15, 0.2) is 36.5 Å². The number of pyridine rings is 1. The van der Waals surface area contributed by atoms with Crippen LogP contribution in [-0.2, 0) is 0 Å². The predicted octanol–water partition coefficient (Wildman–Crippen LogP) is 2.42. The average molecular weight is 241 g/mol. The molecule has 0 saturated carbocycles. The third kappa shape index (κ3) is 2.18. The van der Waals surface area contributed by atoms with E-state index in [0.717, 1.165) is 25.2 Å². The number of aromatic nitrogens is 1. The SMILES string of the molecule is CCNC1CCN(c2ccc3ncccc3c2)C1. The van der Waals surface area contributed by atoms with Crippen molar-refractivity contribution in [2.24, 2.45) is 0 Å². The van der Waals surface area contributed by atoms with E-state index in [-0.39, 0.29) is 0 Å². The van der Waals surface area contributed by atoms with Crippen LogP contribution >= 0.6 is 0 Å². The molecule has 0 radical (unpaired) electrons. The molecular weight excluding hydrogens is 222 g/mol. The number of hydrogen-bond donors (Lipinski definition) is 1. The van der Waals surface area contributed by atoms with E-state index in [4.69, 9.17) is 0 Å². The molecule has 3 rings (SSSR count). The number of anilines is 1. The molecule has 0 spiro atoms. The van der Waals surface area contributed by atoms with Crippen LogP contribution in [0.3, 0.4) is 0 Å². The van der Waals surface area contributed by atoms with E-state index < -0.39 is 0 Å². The fourth-order valence-electron chi connectivity index (χ4n) is 2.71. The van der Waals surface area contributed by atoms with Gasteiger partial charge in [-0.05, 0) is 37.2 Å². The summed E-state index contributed by atoms with van der Waals surface area (Å²) in [6.07, 6.45) is 3.08. The second-order valence-electron chi connectivity index (χ2n) is 4.87. The monoisotopic (exact) mass is 241 g/mol. The molecule has 94 valence electrons. The van der Waals surface area contributed by atoms with Crippen LogP contribution < -0.4 is 10.2 Å². The van der Waals surface area contributed by atoms with Crippen LogP contribution in [0.25, 0.3) is 10.9 Å². The van der Waals surface area contributed by atoms with Gasteiger partial charge in [0.15, 0.2) is 0 Å². The van der Waals surface area contributed by atoms with E-state index in [1.807, 2.05) is 12.3 Å². The molecule has 1 aliphatic heterocycles. The summed E-state index contributed by atoms with van der Waals surface area (Å²) >= 11 is 0. The van der Waals surface area contributed by atoms with Crippen LogP contribution in [-0.4, -0.2) is 30.7 Å². The number of fused-ring (bicyclic) bond motifs is 1. The minimum absolute atomic E-state index is 0.639. The first-order valence-corrected chi connectivity index (χ1v) is 6.70. The Morgan fingerprint density at radius 3 is 3.22 bits per heavy atom. The maximum atomic E-state index is 4.36. The number of nitrogens with one attached hydrogen (secondary N) is 1. The lowest BCUT2D eigenvalue weighted by Gasteiger charge is -2.19. The predicted molar refractivity (Wildman–Crippen MR) is 76.0 cm³/mol. The standard InChI is InChI=1S/C15H19N3/c1-2-16-13-7-9-18(11-13)14-5-6-15-12(10-14)4-3-8-17-15/h3-6,8,10,13,16H,2,7,9,11H2,1H3. The Morgan fingerprint density at radius 2 is 2.33 bits per heavy atom. The molecule has 3 nitrogen and oxygen atoms in total. The number of benzene rings is 1. The molecule has 0 aliphatic carbocycles. The van der Waals surface area contributed by atoms with Gasteiger partial charge in [-0.25, -0.2) is 0 Å². The van der Waals surface area contributed by atoms with Gasteiger partial charge >= 0.3 is 0 Å². The van der Waals surface area contributed by atoms with Gasteiger partial charge in [-0.2, -0.15) is 0 Å². The number of hydrogen-bond acceptors (Lipinski definition) is 3. The van der Waals surface area contributed by atoms with Crippen molar-refractivity contribution < 1.29 is 0 Å². The fraction of sp³-hybridized carbons (Fsp3) is 0.400. The fourth-order valence-corrected chi connectivity index (χ4v) is 2.71. The maximum absolute atomic E-state index is 4.36. The first kappa shape index (κ1) is 11.5. The lowest BCUT2D eigenvalue weighted by atomic mass is 10.2. The molecule has 1 aromatic carbocycles. The van der Waals surface area contributed by atoms with Gasteiger partial charge in [-0.1, -0.05) is 13.0 Å². The lowest BCUT2D eigenvalue weighted by Crippen LogP contribution is -2.32. The highest BCUT2D eigenvalue weighted by Crippen LogP contribution is 2.24. The first-order chi connectivity index (χ1) is 8.86. The zero-order valence-electron chi connectivity index (χ0n) is 10.8.